The van der Waals surface area contributed by atoms with E-state index < -0.39 is 0 Å². The molecule has 1 saturated carbocycles. The maximum Gasteiger partial charge on any atom is 0.0406 e. The second-order valence-electron chi connectivity index (χ2n) is 5.57. The average molecular weight is 266 g/mol. The van der Waals surface area contributed by atoms with Gasteiger partial charge in [-0.3, -0.25) is 0 Å². The largest absolute Gasteiger partial charge is 0.317 e. The van der Waals surface area contributed by atoms with Crippen LogP contribution in [-0.2, 0) is 6.42 Å². The monoisotopic (exact) mass is 265 g/mol. The molecule has 0 spiro atoms. The fraction of sp³-hybridized carbons (Fsp3) is 0.625. The molecule has 1 aliphatic rings. The Bertz CT molecular complexity index is 360. The molecule has 0 aliphatic heterocycles. The van der Waals surface area contributed by atoms with Crippen molar-refractivity contribution in [3.63, 3.8) is 0 Å². The first-order chi connectivity index (χ1) is 8.72. The topological polar surface area (TPSA) is 12.0 Å². The molecule has 100 valence electrons. The molecule has 1 aromatic rings. The minimum absolute atomic E-state index is 0.684. The molecule has 1 aromatic carbocycles. The van der Waals surface area contributed by atoms with Crippen LogP contribution in [0, 0.1) is 11.8 Å². The highest BCUT2D eigenvalue weighted by atomic mass is 35.5. The second kappa shape index (κ2) is 6.58. The molecule has 2 heteroatoms. The molecule has 0 heterocycles. The second-order valence-corrected chi connectivity index (χ2v) is 6.01. The van der Waals surface area contributed by atoms with Crippen molar-refractivity contribution in [3.8, 4) is 0 Å². The summed E-state index contributed by atoms with van der Waals surface area (Å²) in [7, 11) is 2.10. The van der Waals surface area contributed by atoms with Crippen LogP contribution in [0.2, 0.25) is 5.02 Å². The fourth-order valence-corrected chi connectivity index (χ4v) is 3.39. The van der Waals surface area contributed by atoms with Crippen LogP contribution in [0.15, 0.2) is 24.3 Å². The quantitative estimate of drug-likeness (QED) is 0.856. The molecule has 2 rings (SSSR count). The standard InChI is InChI=1S/C16H24ClN/c1-3-12-6-9-16(18-2)14(10-12)11-13-4-7-15(17)8-5-13/h4-5,7-8,12,14,16,18H,3,6,9-11H2,1-2H3. The van der Waals surface area contributed by atoms with Crippen molar-refractivity contribution in [2.45, 2.75) is 45.1 Å². The highest BCUT2D eigenvalue weighted by molar-refractivity contribution is 6.30. The van der Waals surface area contributed by atoms with E-state index in [0.29, 0.717) is 6.04 Å². The maximum atomic E-state index is 5.94. The zero-order valence-electron chi connectivity index (χ0n) is 11.5. The molecule has 1 N–H and O–H groups in total. The number of rotatable bonds is 4. The van der Waals surface area contributed by atoms with Gasteiger partial charge in [0.1, 0.15) is 0 Å². The number of halogens is 1. The lowest BCUT2D eigenvalue weighted by molar-refractivity contribution is 0.205. The Morgan fingerprint density at radius 3 is 2.56 bits per heavy atom. The Morgan fingerprint density at radius 1 is 1.22 bits per heavy atom. The molecule has 0 aromatic heterocycles. The summed E-state index contributed by atoms with van der Waals surface area (Å²) in [5.41, 5.74) is 1.42. The normalized spacial score (nSPS) is 28.3. The van der Waals surface area contributed by atoms with E-state index in [-0.39, 0.29) is 0 Å². The van der Waals surface area contributed by atoms with E-state index in [0.717, 1.165) is 16.9 Å². The van der Waals surface area contributed by atoms with Gasteiger partial charge in [0.05, 0.1) is 0 Å². The van der Waals surface area contributed by atoms with Crippen LogP contribution in [0.3, 0.4) is 0 Å². The molecule has 3 unspecified atom stereocenters. The van der Waals surface area contributed by atoms with Crippen molar-refractivity contribution in [2.75, 3.05) is 7.05 Å². The fourth-order valence-electron chi connectivity index (χ4n) is 3.26. The van der Waals surface area contributed by atoms with Crippen molar-refractivity contribution in [1.29, 1.82) is 0 Å². The number of nitrogens with one attached hydrogen (secondary N) is 1. The SMILES string of the molecule is CCC1CCC(NC)C(Cc2ccc(Cl)cc2)C1. The van der Waals surface area contributed by atoms with Crippen LogP contribution >= 0.6 is 11.6 Å². The van der Waals surface area contributed by atoms with E-state index in [1.54, 1.807) is 0 Å². The molecular weight excluding hydrogens is 242 g/mol. The van der Waals surface area contributed by atoms with Crippen LogP contribution in [0.25, 0.3) is 0 Å². The smallest absolute Gasteiger partial charge is 0.0406 e. The van der Waals surface area contributed by atoms with Gasteiger partial charge in [0.25, 0.3) is 0 Å². The summed E-state index contributed by atoms with van der Waals surface area (Å²) in [6.07, 6.45) is 6.59. The van der Waals surface area contributed by atoms with Gasteiger partial charge in [-0.25, -0.2) is 0 Å². The molecule has 0 radical (unpaired) electrons. The summed E-state index contributed by atoms with van der Waals surface area (Å²) in [5.74, 6) is 1.70. The first kappa shape index (κ1) is 13.9. The predicted molar refractivity (Wildman–Crippen MR) is 79.1 cm³/mol. The van der Waals surface area contributed by atoms with Gasteiger partial charge >= 0.3 is 0 Å². The zero-order chi connectivity index (χ0) is 13.0. The molecule has 18 heavy (non-hydrogen) atoms. The van der Waals surface area contributed by atoms with Crippen LogP contribution in [0.1, 0.15) is 38.2 Å². The van der Waals surface area contributed by atoms with Gasteiger partial charge in [-0.2, -0.15) is 0 Å². The van der Waals surface area contributed by atoms with E-state index in [1.165, 1.54) is 37.7 Å². The summed E-state index contributed by atoms with van der Waals surface area (Å²) < 4.78 is 0. The summed E-state index contributed by atoms with van der Waals surface area (Å²) >= 11 is 5.94. The van der Waals surface area contributed by atoms with Gasteiger partial charge in [0.15, 0.2) is 0 Å². The number of hydrogen-bond donors (Lipinski definition) is 1. The van der Waals surface area contributed by atoms with Crippen molar-refractivity contribution >= 4 is 11.6 Å². The third-order valence-corrected chi connectivity index (χ3v) is 4.70. The first-order valence-corrected chi connectivity index (χ1v) is 7.52. The van der Waals surface area contributed by atoms with E-state index in [4.69, 9.17) is 11.6 Å². The average Bonchev–Trinajstić information content (AvgIpc) is 2.41. The highest BCUT2D eigenvalue weighted by Crippen LogP contribution is 2.33. The van der Waals surface area contributed by atoms with Crippen molar-refractivity contribution < 1.29 is 0 Å². The maximum absolute atomic E-state index is 5.94. The highest BCUT2D eigenvalue weighted by Gasteiger charge is 2.28. The van der Waals surface area contributed by atoms with Gasteiger partial charge in [-0.05, 0) is 62.3 Å². The number of benzene rings is 1. The van der Waals surface area contributed by atoms with Crippen LogP contribution in [-0.4, -0.2) is 13.1 Å². The first-order valence-electron chi connectivity index (χ1n) is 7.14. The summed E-state index contributed by atoms with van der Waals surface area (Å²) in [4.78, 5) is 0. The van der Waals surface area contributed by atoms with Crippen molar-refractivity contribution in [1.82, 2.24) is 5.32 Å². The summed E-state index contributed by atoms with van der Waals surface area (Å²) in [6, 6.07) is 9.04. The summed E-state index contributed by atoms with van der Waals surface area (Å²) in [5, 5.41) is 4.34. The molecule has 1 aliphatic carbocycles. The number of hydrogen-bond acceptors (Lipinski definition) is 1. The molecule has 3 atom stereocenters. The zero-order valence-corrected chi connectivity index (χ0v) is 12.2. The predicted octanol–water partition coefficient (Wildman–Crippen LogP) is 4.30. The third kappa shape index (κ3) is 3.49. The Balaban J connectivity index is 2.02. The van der Waals surface area contributed by atoms with Gasteiger partial charge in [0.2, 0.25) is 0 Å². The lowest BCUT2D eigenvalue weighted by Gasteiger charge is -2.36. The third-order valence-electron chi connectivity index (χ3n) is 4.45. The molecule has 1 nitrogen and oxygen atoms in total. The van der Waals surface area contributed by atoms with E-state index in [9.17, 15) is 0 Å². The van der Waals surface area contributed by atoms with Crippen molar-refractivity contribution in [2.24, 2.45) is 11.8 Å². The van der Waals surface area contributed by atoms with Crippen molar-refractivity contribution in [3.05, 3.63) is 34.9 Å². The molecule has 0 saturated heterocycles. The lowest BCUT2D eigenvalue weighted by atomic mass is 9.74. The molecule has 0 bridgehead atoms. The molecule has 1 fully saturated rings. The van der Waals surface area contributed by atoms with Gasteiger partial charge < -0.3 is 5.32 Å². The Labute approximate surface area is 116 Å². The minimum Gasteiger partial charge on any atom is -0.317 e. The van der Waals surface area contributed by atoms with Gasteiger partial charge in [-0.1, -0.05) is 37.1 Å². The molecule has 0 amide bonds. The van der Waals surface area contributed by atoms with E-state index in [2.05, 4.69) is 31.4 Å². The molecular formula is C16H24ClN. The van der Waals surface area contributed by atoms with Crippen LogP contribution < -0.4 is 5.32 Å². The minimum atomic E-state index is 0.684. The lowest BCUT2D eigenvalue weighted by Crippen LogP contribution is -2.39. The Kier molecular flexibility index (Phi) is 5.08. The Morgan fingerprint density at radius 2 is 1.94 bits per heavy atom. The van der Waals surface area contributed by atoms with E-state index >= 15 is 0 Å². The summed E-state index contributed by atoms with van der Waals surface area (Å²) in [6.45, 7) is 2.32. The van der Waals surface area contributed by atoms with E-state index in [1.807, 2.05) is 12.1 Å². The van der Waals surface area contributed by atoms with Crippen LogP contribution in [0.5, 0.6) is 0 Å². The Hall–Kier alpha value is -0.530. The van der Waals surface area contributed by atoms with Gasteiger partial charge in [0, 0.05) is 11.1 Å². The van der Waals surface area contributed by atoms with Gasteiger partial charge in [-0.15, -0.1) is 0 Å². The van der Waals surface area contributed by atoms with Crippen LogP contribution in [0.4, 0.5) is 0 Å².